The van der Waals surface area contributed by atoms with Gasteiger partial charge in [-0.25, -0.2) is 4.98 Å². The van der Waals surface area contributed by atoms with Crippen LogP contribution in [0.3, 0.4) is 0 Å². The zero-order valence-corrected chi connectivity index (χ0v) is 14.6. The minimum absolute atomic E-state index is 0.171. The molecule has 1 heterocycles. The molecule has 3 N–H and O–H groups in total. The van der Waals surface area contributed by atoms with Crippen LogP contribution < -0.4 is 16.0 Å². The van der Waals surface area contributed by atoms with E-state index in [1.807, 2.05) is 11.4 Å². The quantitative estimate of drug-likeness (QED) is 0.669. The number of anilines is 3. The van der Waals surface area contributed by atoms with E-state index >= 15 is 0 Å². The van der Waals surface area contributed by atoms with E-state index in [-0.39, 0.29) is 11.8 Å². The first kappa shape index (κ1) is 17.9. The van der Waals surface area contributed by atoms with E-state index in [4.69, 9.17) is 4.74 Å². The van der Waals surface area contributed by atoms with Crippen molar-refractivity contribution >= 4 is 39.7 Å². The number of hydrogen-bond donors (Lipinski definition) is 3. The number of carbonyl (C=O) groups excluding carboxylic acids is 2. The Morgan fingerprint density at radius 3 is 2.62 bits per heavy atom. The number of hydrogen-bond acceptors (Lipinski definition) is 6. The molecule has 0 radical (unpaired) electrons. The maximum absolute atomic E-state index is 11.5. The molecule has 7 nitrogen and oxygen atoms in total. The number of amides is 2. The van der Waals surface area contributed by atoms with Gasteiger partial charge in [0.15, 0.2) is 5.13 Å². The lowest BCUT2D eigenvalue weighted by Crippen LogP contribution is -2.10. The third-order valence-corrected chi connectivity index (χ3v) is 3.81. The predicted octanol–water partition coefficient (Wildman–Crippen LogP) is 2.79. The lowest BCUT2D eigenvalue weighted by Gasteiger charge is -2.11. The summed E-state index contributed by atoms with van der Waals surface area (Å²) in [7, 11) is 1.64. The highest BCUT2D eigenvalue weighted by Gasteiger charge is 2.12. The summed E-state index contributed by atoms with van der Waals surface area (Å²) >= 11 is 1.48. The molecule has 8 heteroatoms. The molecule has 2 aromatic rings. The number of rotatable bonds is 7. The first-order valence-corrected chi connectivity index (χ1v) is 8.25. The first-order chi connectivity index (χ1) is 11.5. The van der Waals surface area contributed by atoms with Crippen molar-refractivity contribution in [2.75, 3.05) is 36.2 Å². The number of thiazole rings is 1. The molecule has 24 heavy (non-hydrogen) atoms. The summed E-state index contributed by atoms with van der Waals surface area (Å²) in [5.41, 5.74) is 2.75. The molecular formula is C16H20N4O3S. The highest BCUT2D eigenvalue weighted by Crippen LogP contribution is 2.32. The minimum atomic E-state index is -0.190. The molecule has 0 saturated heterocycles. The second kappa shape index (κ2) is 8.42. The van der Waals surface area contributed by atoms with E-state index in [2.05, 4.69) is 20.9 Å². The molecule has 1 aromatic carbocycles. The monoisotopic (exact) mass is 348 g/mol. The van der Waals surface area contributed by atoms with Crippen LogP contribution in [-0.2, 0) is 14.3 Å². The van der Waals surface area contributed by atoms with Gasteiger partial charge < -0.3 is 20.7 Å². The van der Waals surface area contributed by atoms with Gasteiger partial charge >= 0.3 is 0 Å². The Labute approximate surface area is 144 Å². The number of ether oxygens (including phenoxy) is 1. The van der Waals surface area contributed by atoms with Crippen LogP contribution in [0, 0.1) is 0 Å². The fourth-order valence-electron chi connectivity index (χ4n) is 2.08. The van der Waals surface area contributed by atoms with Gasteiger partial charge in [0.05, 0.1) is 18.0 Å². The van der Waals surface area contributed by atoms with Crippen molar-refractivity contribution < 1.29 is 14.3 Å². The Morgan fingerprint density at radius 2 is 1.96 bits per heavy atom. The lowest BCUT2D eigenvalue weighted by atomic mass is 10.1. The van der Waals surface area contributed by atoms with E-state index in [0.29, 0.717) is 24.5 Å². The maximum atomic E-state index is 11.5. The number of methoxy groups -OCH3 is 1. The molecule has 2 rings (SSSR count). The average Bonchev–Trinajstić information content (AvgIpc) is 2.95. The topological polar surface area (TPSA) is 92.3 Å². The number of nitrogens with zero attached hydrogens (tertiary/aromatic N) is 1. The van der Waals surface area contributed by atoms with Gasteiger partial charge in [0, 0.05) is 44.1 Å². The molecule has 0 aliphatic heterocycles. The van der Waals surface area contributed by atoms with Crippen molar-refractivity contribution in [3.63, 3.8) is 0 Å². The third kappa shape index (κ3) is 5.04. The molecule has 0 aliphatic carbocycles. The van der Waals surface area contributed by atoms with Gasteiger partial charge in [-0.05, 0) is 18.2 Å². The molecule has 2 amide bonds. The van der Waals surface area contributed by atoms with Crippen molar-refractivity contribution in [1.29, 1.82) is 0 Å². The summed E-state index contributed by atoms with van der Waals surface area (Å²) in [5, 5.41) is 11.3. The van der Waals surface area contributed by atoms with Crippen LogP contribution in [0.15, 0.2) is 23.6 Å². The molecule has 128 valence electrons. The van der Waals surface area contributed by atoms with E-state index in [9.17, 15) is 9.59 Å². The number of aromatic nitrogens is 1. The molecule has 0 spiro atoms. The third-order valence-electron chi connectivity index (χ3n) is 3.01. The minimum Gasteiger partial charge on any atom is -0.383 e. The fraction of sp³-hybridized carbons (Fsp3) is 0.312. The number of carbonyl (C=O) groups is 2. The van der Waals surface area contributed by atoms with Crippen LogP contribution in [0.25, 0.3) is 11.3 Å². The number of benzene rings is 1. The van der Waals surface area contributed by atoms with Gasteiger partial charge in [-0.1, -0.05) is 0 Å². The summed E-state index contributed by atoms with van der Waals surface area (Å²) < 4.78 is 5.00. The Balaban J connectivity index is 2.27. The smallest absolute Gasteiger partial charge is 0.221 e. The number of nitrogens with one attached hydrogen (secondary N) is 3. The molecule has 0 unspecified atom stereocenters. The highest BCUT2D eigenvalue weighted by molar-refractivity contribution is 7.14. The van der Waals surface area contributed by atoms with Crippen molar-refractivity contribution in [2.24, 2.45) is 0 Å². The highest BCUT2D eigenvalue weighted by atomic mass is 32.1. The molecule has 0 atom stereocenters. The normalized spacial score (nSPS) is 10.3. The Morgan fingerprint density at radius 1 is 1.21 bits per heavy atom. The summed E-state index contributed by atoms with van der Waals surface area (Å²) in [6.07, 6.45) is 0. The lowest BCUT2D eigenvalue weighted by molar-refractivity contribution is -0.115. The van der Waals surface area contributed by atoms with Crippen LogP contribution in [0.1, 0.15) is 13.8 Å². The molecular weight excluding hydrogens is 328 g/mol. The second-order valence-corrected chi connectivity index (χ2v) is 5.94. The van der Waals surface area contributed by atoms with Crippen LogP contribution in [0.5, 0.6) is 0 Å². The van der Waals surface area contributed by atoms with Crippen LogP contribution in [0.4, 0.5) is 16.5 Å². The van der Waals surface area contributed by atoms with Gasteiger partial charge in [0.1, 0.15) is 0 Å². The standard InChI is InChI=1S/C16H20N4O3S/c1-10(21)18-12-4-5-13(14(8-12)19-11(2)22)15-9-24-16(20-15)17-6-7-23-3/h4-5,8-9H,6-7H2,1-3H3,(H,17,20)(H,18,21)(H,19,22). The average molecular weight is 348 g/mol. The zero-order valence-electron chi connectivity index (χ0n) is 13.8. The van der Waals surface area contributed by atoms with Crippen LogP contribution in [-0.4, -0.2) is 37.1 Å². The van der Waals surface area contributed by atoms with Gasteiger partial charge in [0.2, 0.25) is 11.8 Å². The van der Waals surface area contributed by atoms with Crippen molar-refractivity contribution in [3.05, 3.63) is 23.6 Å². The van der Waals surface area contributed by atoms with Crippen LogP contribution in [0.2, 0.25) is 0 Å². The molecule has 0 bridgehead atoms. The van der Waals surface area contributed by atoms with E-state index in [1.165, 1.54) is 25.2 Å². The van der Waals surface area contributed by atoms with Crippen molar-refractivity contribution in [1.82, 2.24) is 4.98 Å². The van der Waals surface area contributed by atoms with Gasteiger partial charge in [-0.2, -0.15) is 0 Å². The van der Waals surface area contributed by atoms with Crippen molar-refractivity contribution in [2.45, 2.75) is 13.8 Å². The van der Waals surface area contributed by atoms with Gasteiger partial charge in [-0.3, -0.25) is 9.59 Å². The zero-order chi connectivity index (χ0) is 17.5. The Bertz CT molecular complexity index is 730. The van der Waals surface area contributed by atoms with E-state index < -0.39 is 0 Å². The summed E-state index contributed by atoms with van der Waals surface area (Å²) in [4.78, 5) is 27.2. The molecule has 0 aliphatic rings. The maximum Gasteiger partial charge on any atom is 0.221 e. The Kier molecular flexibility index (Phi) is 6.28. The molecule has 0 saturated carbocycles. The summed E-state index contributed by atoms with van der Waals surface area (Å²) in [5.74, 6) is -0.361. The van der Waals surface area contributed by atoms with E-state index in [0.717, 1.165) is 16.4 Å². The largest absolute Gasteiger partial charge is 0.383 e. The predicted molar refractivity (Wildman–Crippen MR) is 96.5 cm³/mol. The van der Waals surface area contributed by atoms with Crippen LogP contribution >= 0.6 is 11.3 Å². The SMILES string of the molecule is COCCNc1nc(-c2ccc(NC(C)=O)cc2NC(C)=O)cs1. The van der Waals surface area contributed by atoms with Crippen molar-refractivity contribution in [3.8, 4) is 11.3 Å². The molecule has 0 fully saturated rings. The van der Waals surface area contributed by atoms with Gasteiger partial charge in [-0.15, -0.1) is 11.3 Å². The fourth-order valence-corrected chi connectivity index (χ4v) is 2.82. The summed E-state index contributed by atoms with van der Waals surface area (Å²) in [6, 6.07) is 5.32. The summed E-state index contributed by atoms with van der Waals surface area (Å²) in [6.45, 7) is 4.14. The molecule has 1 aromatic heterocycles. The first-order valence-electron chi connectivity index (χ1n) is 7.37. The van der Waals surface area contributed by atoms with Gasteiger partial charge in [0.25, 0.3) is 0 Å². The van der Waals surface area contributed by atoms with E-state index in [1.54, 1.807) is 19.2 Å². The Hall–Kier alpha value is -2.45. The second-order valence-electron chi connectivity index (χ2n) is 5.08.